The molecule has 1 rings (SSSR count). The molecule has 0 saturated heterocycles. The third kappa shape index (κ3) is 2.35. The summed E-state index contributed by atoms with van der Waals surface area (Å²) in [6.07, 6.45) is 4.35. The molecule has 0 aromatic carbocycles. The van der Waals surface area contributed by atoms with Crippen molar-refractivity contribution in [2.45, 2.75) is 18.9 Å². The summed E-state index contributed by atoms with van der Waals surface area (Å²) in [5.41, 5.74) is 4.36. The van der Waals surface area contributed by atoms with Gasteiger partial charge in [-0.05, 0) is 6.42 Å². The van der Waals surface area contributed by atoms with Crippen LogP contribution in [0, 0.1) is 0 Å². The number of hydrogen-bond acceptors (Lipinski definition) is 3. The smallest absolute Gasteiger partial charge is 0.125 e. The van der Waals surface area contributed by atoms with Crippen molar-refractivity contribution in [3.63, 3.8) is 0 Å². The Hall–Kier alpha value is -1.36. The largest absolute Gasteiger partial charge is 0.544 e. The molecule has 12 heavy (non-hydrogen) atoms. The molecule has 0 radical (unpaired) electrons. The van der Waals surface area contributed by atoms with E-state index < -0.39 is 12.0 Å². The van der Waals surface area contributed by atoms with E-state index in [-0.39, 0.29) is 0 Å². The van der Waals surface area contributed by atoms with E-state index in [4.69, 9.17) is 0 Å². The van der Waals surface area contributed by atoms with Crippen LogP contribution in [0.25, 0.3) is 0 Å². The minimum absolute atomic E-state index is 0.477. The molecule has 5 nitrogen and oxygen atoms in total. The van der Waals surface area contributed by atoms with E-state index in [1.165, 1.54) is 0 Å². The summed E-state index contributed by atoms with van der Waals surface area (Å²) >= 11 is 0. The van der Waals surface area contributed by atoms with Crippen LogP contribution in [0.5, 0.6) is 0 Å². The molecule has 5 heteroatoms. The van der Waals surface area contributed by atoms with Crippen LogP contribution in [0.2, 0.25) is 0 Å². The zero-order valence-corrected chi connectivity index (χ0v) is 6.62. The number of rotatable bonds is 4. The van der Waals surface area contributed by atoms with Gasteiger partial charge in [0, 0.05) is 18.3 Å². The first-order chi connectivity index (χ1) is 5.70. The number of carbonyl (C=O) groups is 1. The van der Waals surface area contributed by atoms with Crippen LogP contribution in [-0.4, -0.2) is 22.0 Å². The quantitative estimate of drug-likeness (QED) is 0.530. The summed E-state index contributed by atoms with van der Waals surface area (Å²) in [4.78, 5) is 16.9. The maximum atomic E-state index is 10.3. The second kappa shape index (κ2) is 3.87. The van der Waals surface area contributed by atoms with Crippen molar-refractivity contribution in [1.29, 1.82) is 0 Å². The molecule has 0 bridgehead atoms. The first-order valence-electron chi connectivity index (χ1n) is 3.71. The van der Waals surface area contributed by atoms with E-state index in [9.17, 15) is 9.90 Å². The van der Waals surface area contributed by atoms with Gasteiger partial charge in [-0.3, -0.25) is 0 Å². The van der Waals surface area contributed by atoms with Gasteiger partial charge in [0.1, 0.15) is 6.04 Å². The third-order valence-corrected chi connectivity index (χ3v) is 1.65. The monoisotopic (exact) mass is 169 g/mol. The Bertz CT molecular complexity index is 245. The van der Waals surface area contributed by atoms with Crippen molar-refractivity contribution in [3.8, 4) is 0 Å². The molecular weight excluding hydrogens is 158 g/mol. The fourth-order valence-electron chi connectivity index (χ4n) is 0.869. The van der Waals surface area contributed by atoms with E-state index in [2.05, 4.69) is 15.7 Å². The summed E-state index contributed by atoms with van der Waals surface area (Å²) in [5.74, 6) is -1.10. The first-order valence-corrected chi connectivity index (χ1v) is 3.71. The maximum absolute atomic E-state index is 10.3. The summed E-state index contributed by atoms with van der Waals surface area (Å²) in [6, 6.07) is -0.645. The van der Waals surface area contributed by atoms with E-state index in [1.54, 1.807) is 12.5 Å². The minimum Gasteiger partial charge on any atom is -0.544 e. The van der Waals surface area contributed by atoms with Gasteiger partial charge < -0.3 is 20.6 Å². The lowest BCUT2D eigenvalue weighted by Gasteiger charge is -2.07. The molecule has 4 N–H and O–H groups in total. The lowest BCUT2D eigenvalue weighted by molar-refractivity contribution is -0.438. The molecule has 0 aliphatic carbocycles. The van der Waals surface area contributed by atoms with Crippen LogP contribution < -0.4 is 10.8 Å². The number of aryl methyl sites for hydroxylation is 1. The van der Waals surface area contributed by atoms with Gasteiger partial charge in [0.2, 0.25) is 0 Å². The number of aromatic nitrogens is 2. The van der Waals surface area contributed by atoms with Crippen LogP contribution in [-0.2, 0) is 11.2 Å². The highest BCUT2D eigenvalue weighted by molar-refractivity contribution is 5.69. The summed E-state index contributed by atoms with van der Waals surface area (Å²) < 4.78 is 0. The van der Waals surface area contributed by atoms with Crippen molar-refractivity contribution in [3.05, 3.63) is 18.2 Å². The molecule has 0 saturated carbocycles. The summed E-state index contributed by atoms with van der Waals surface area (Å²) in [6.45, 7) is 0. The average Bonchev–Trinajstić information content (AvgIpc) is 2.51. The zero-order valence-electron chi connectivity index (χ0n) is 6.62. The molecule has 0 aliphatic rings. The van der Waals surface area contributed by atoms with Crippen molar-refractivity contribution in [2.75, 3.05) is 0 Å². The highest BCUT2D eigenvalue weighted by Crippen LogP contribution is 1.97. The highest BCUT2D eigenvalue weighted by atomic mass is 16.4. The van der Waals surface area contributed by atoms with Crippen LogP contribution in [0.4, 0.5) is 0 Å². The van der Waals surface area contributed by atoms with Gasteiger partial charge in [-0.25, -0.2) is 4.98 Å². The number of hydrogen-bond donors (Lipinski definition) is 2. The van der Waals surface area contributed by atoms with Crippen LogP contribution in [0.1, 0.15) is 12.1 Å². The SMILES string of the molecule is [NH3+][C@H](CCc1cnc[nH]1)C(=O)[O-]. The van der Waals surface area contributed by atoms with E-state index in [1.807, 2.05) is 0 Å². The molecule has 0 amide bonds. The number of aromatic amines is 1. The molecule has 1 atom stereocenters. The first kappa shape index (κ1) is 8.73. The number of aliphatic carboxylic acids is 1. The average molecular weight is 169 g/mol. The molecule has 66 valence electrons. The Morgan fingerprint density at radius 3 is 3.08 bits per heavy atom. The number of H-pyrrole nitrogens is 1. The predicted octanol–water partition coefficient (Wildman–Crippen LogP) is -2.30. The minimum atomic E-state index is -1.10. The third-order valence-electron chi connectivity index (χ3n) is 1.65. The van der Waals surface area contributed by atoms with Gasteiger partial charge in [0.05, 0.1) is 12.3 Å². The van der Waals surface area contributed by atoms with E-state index in [0.717, 1.165) is 5.69 Å². The Morgan fingerprint density at radius 1 is 1.83 bits per heavy atom. The molecule has 0 fully saturated rings. The standard InChI is InChI=1S/C7H11N3O2/c8-6(7(11)12)2-1-5-3-9-4-10-5/h3-4,6H,1-2,8H2,(H,9,10)(H,11,12)/t6-/m1/s1. The molecule has 0 unspecified atom stereocenters. The normalized spacial score (nSPS) is 12.8. The Morgan fingerprint density at radius 2 is 2.58 bits per heavy atom. The number of carbonyl (C=O) groups excluding carboxylic acids is 1. The van der Waals surface area contributed by atoms with Crippen molar-refractivity contribution in [1.82, 2.24) is 9.97 Å². The molecule has 0 spiro atoms. The lowest BCUT2D eigenvalue weighted by atomic mass is 10.1. The van der Waals surface area contributed by atoms with Crippen molar-refractivity contribution in [2.24, 2.45) is 0 Å². The van der Waals surface area contributed by atoms with Gasteiger partial charge in [0.15, 0.2) is 0 Å². The van der Waals surface area contributed by atoms with Gasteiger partial charge in [-0.15, -0.1) is 0 Å². The van der Waals surface area contributed by atoms with Crippen LogP contribution in [0.15, 0.2) is 12.5 Å². The predicted molar refractivity (Wildman–Crippen MR) is 38.6 cm³/mol. The van der Waals surface area contributed by atoms with Crippen LogP contribution in [0.3, 0.4) is 0 Å². The number of imidazole rings is 1. The molecular formula is C7H11N3O2. The van der Waals surface area contributed by atoms with Crippen LogP contribution >= 0.6 is 0 Å². The lowest BCUT2D eigenvalue weighted by Crippen LogP contribution is -2.68. The Balaban J connectivity index is 2.31. The topological polar surface area (TPSA) is 96.5 Å². The molecule has 1 aromatic heterocycles. The Labute approximate surface area is 69.6 Å². The molecule has 0 aliphatic heterocycles. The maximum Gasteiger partial charge on any atom is 0.125 e. The highest BCUT2D eigenvalue weighted by Gasteiger charge is 2.07. The second-order valence-electron chi connectivity index (χ2n) is 2.63. The fraction of sp³-hybridized carbons (Fsp3) is 0.429. The van der Waals surface area contributed by atoms with Gasteiger partial charge in [-0.1, -0.05) is 0 Å². The summed E-state index contributed by atoms with van der Waals surface area (Å²) in [7, 11) is 0. The fourth-order valence-corrected chi connectivity index (χ4v) is 0.869. The number of carboxylic acid groups (broad SMARTS) is 1. The number of quaternary nitrogens is 1. The molecule has 1 heterocycles. The number of nitrogens with one attached hydrogen (secondary N) is 1. The number of nitrogens with zero attached hydrogens (tertiary/aromatic N) is 1. The van der Waals surface area contributed by atoms with Crippen molar-refractivity contribution >= 4 is 5.97 Å². The van der Waals surface area contributed by atoms with Gasteiger partial charge in [0.25, 0.3) is 0 Å². The van der Waals surface area contributed by atoms with Gasteiger partial charge in [-0.2, -0.15) is 0 Å². The van der Waals surface area contributed by atoms with Gasteiger partial charge >= 0.3 is 0 Å². The van der Waals surface area contributed by atoms with Crippen molar-refractivity contribution < 1.29 is 15.6 Å². The van der Waals surface area contributed by atoms with E-state index >= 15 is 0 Å². The Kier molecular flexibility index (Phi) is 2.82. The zero-order chi connectivity index (χ0) is 8.97. The summed E-state index contributed by atoms with van der Waals surface area (Å²) in [5, 5.41) is 10.3. The number of carboxylic acids is 1. The molecule has 1 aromatic rings. The van der Waals surface area contributed by atoms with E-state index in [0.29, 0.717) is 12.8 Å². The second-order valence-corrected chi connectivity index (χ2v) is 2.63.